The SMILES string of the molecule is Cc1ccc(CNC(=O)C(C)NC(=O)C2CCN(C(=O)C(N)Cc3ccccc3)CC2)cc1. The number of hydrogen-bond donors (Lipinski definition) is 3. The molecule has 0 radical (unpaired) electrons. The van der Waals surface area contributed by atoms with Gasteiger partial charge >= 0.3 is 0 Å². The maximum Gasteiger partial charge on any atom is 0.242 e. The van der Waals surface area contributed by atoms with E-state index in [0.29, 0.717) is 38.9 Å². The summed E-state index contributed by atoms with van der Waals surface area (Å²) in [6.07, 6.45) is 1.62. The highest BCUT2D eigenvalue weighted by Gasteiger charge is 2.30. The van der Waals surface area contributed by atoms with Crippen molar-refractivity contribution in [3.63, 3.8) is 0 Å². The Kier molecular flexibility index (Phi) is 8.60. The van der Waals surface area contributed by atoms with E-state index in [0.717, 1.165) is 16.7 Å². The second-order valence-electron chi connectivity index (χ2n) is 8.83. The first-order chi connectivity index (χ1) is 15.8. The maximum absolute atomic E-state index is 12.7. The van der Waals surface area contributed by atoms with Crippen LogP contribution in [0.5, 0.6) is 0 Å². The number of rotatable bonds is 8. The summed E-state index contributed by atoms with van der Waals surface area (Å²) in [5.41, 5.74) is 9.34. The number of piperidine rings is 1. The van der Waals surface area contributed by atoms with Crippen LogP contribution in [0.15, 0.2) is 54.6 Å². The van der Waals surface area contributed by atoms with Crippen molar-refractivity contribution in [3.8, 4) is 0 Å². The normalized spacial score (nSPS) is 16.0. The van der Waals surface area contributed by atoms with Gasteiger partial charge in [-0.15, -0.1) is 0 Å². The van der Waals surface area contributed by atoms with Crippen molar-refractivity contribution >= 4 is 17.7 Å². The van der Waals surface area contributed by atoms with E-state index in [1.807, 2.05) is 61.5 Å². The van der Waals surface area contributed by atoms with Crippen LogP contribution < -0.4 is 16.4 Å². The van der Waals surface area contributed by atoms with Crippen LogP contribution in [0.4, 0.5) is 0 Å². The quantitative estimate of drug-likeness (QED) is 0.572. The van der Waals surface area contributed by atoms with Crippen LogP contribution in [-0.2, 0) is 27.3 Å². The molecule has 0 saturated carbocycles. The minimum atomic E-state index is -0.623. The van der Waals surface area contributed by atoms with Crippen LogP contribution in [0.25, 0.3) is 0 Å². The molecule has 0 aliphatic carbocycles. The summed E-state index contributed by atoms with van der Waals surface area (Å²) in [5, 5.41) is 5.68. The van der Waals surface area contributed by atoms with Crippen molar-refractivity contribution < 1.29 is 14.4 Å². The van der Waals surface area contributed by atoms with Gasteiger partial charge in [-0.1, -0.05) is 60.2 Å². The predicted molar refractivity (Wildman–Crippen MR) is 128 cm³/mol. The van der Waals surface area contributed by atoms with Gasteiger partial charge in [0.15, 0.2) is 0 Å². The number of carbonyl (C=O) groups is 3. The van der Waals surface area contributed by atoms with Crippen molar-refractivity contribution in [2.75, 3.05) is 13.1 Å². The number of nitrogens with two attached hydrogens (primary N) is 1. The highest BCUT2D eigenvalue weighted by molar-refractivity contribution is 5.88. The number of carbonyl (C=O) groups excluding carboxylic acids is 3. The lowest BCUT2D eigenvalue weighted by Crippen LogP contribution is -2.51. The summed E-state index contributed by atoms with van der Waals surface area (Å²) in [4.78, 5) is 39.5. The van der Waals surface area contributed by atoms with E-state index in [1.54, 1.807) is 11.8 Å². The molecule has 1 aliphatic rings. The molecule has 4 N–H and O–H groups in total. The zero-order valence-electron chi connectivity index (χ0n) is 19.4. The number of benzene rings is 2. The van der Waals surface area contributed by atoms with E-state index in [2.05, 4.69) is 10.6 Å². The first kappa shape index (κ1) is 24.5. The van der Waals surface area contributed by atoms with Gasteiger partial charge in [0.2, 0.25) is 17.7 Å². The standard InChI is InChI=1S/C26H34N4O3/c1-18-8-10-21(11-9-18)17-28-24(31)19(2)29-25(32)22-12-14-30(15-13-22)26(33)23(27)16-20-6-4-3-5-7-20/h3-11,19,22-23H,12-17,27H2,1-2H3,(H,28,31)(H,29,32). The van der Waals surface area contributed by atoms with E-state index < -0.39 is 12.1 Å². The lowest BCUT2D eigenvalue weighted by Gasteiger charge is -2.33. The number of nitrogens with zero attached hydrogens (tertiary/aromatic N) is 1. The van der Waals surface area contributed by atoms with E-state index in [-0.39, 0.29) is 23.6 Å². The number of amides is 3. The first-order valence-electron chi connectivity index (χ1n) is 11.6. The molecule has 2 atom stereocenters. The molecular formula is C26H34N4O3. The summed E-state index contributed by atoms with van der Waals surface area (Å²) >= 11 is 0. The molecule has 0 aromatic heterocycles. The second-order valence-corrected chi connectivity index (χ2v) is 8.83. The molecule has 176 valence electrons. The van der Waals surface area contributed by atoms with Crippen LogP contribution in [0.3, 0.4) is 0 Å². The Morgan fingerprint density at radius 1 is 1.00 bits per heavy atom. The third-order valence-electron chi connectivity index (χ3n) is 6.13. The Morgan fingerprint density at radius 3 is 2.27 bits per heavy atom. The minimum Gasteiger partial charge on any atom is -0.350 e. The van der Waals surface area contributed by atoms with Crippen LogP contribution in [0, 0.1) is 12.8 Å². The van der Waals surface area contributed by atoms with E-state index in [1.165, 1.54) is 0 Å². The largest absolute Gasteiger partial charge is 0.350 e. The number of nitrogens with one attached hydrogen (secondary N) is 2. The van der Waals surface area contributed by atoms with Crippen molar-refractivity contribution in [3.05, 3.63) is 71.3 Å². The van der Waals surface area contributed by atoms with Gasteiger partial charge in [-0.05, 0) is 44.2 Å². The lowest BCUT2D eigenvalue weighted by molar-refractivity contribution is -0.137. The molecule has 1 fully saturated rings. The minimum absolute atomic E-state index is 0.0819. The van der Waals surface area contributed by atoms with Crippen LogP contribution in [0.2, 0.25) is 0 Å². The van der Waals surface area contributed by atoms with Gasteiger partial charge in [-0.2, -0.15) is 0 Å². The average Bonchev–Trinajstić information content (AvgIpc) is 2.83. The Labute approximate surface area is 195 Å². The molecule has 7 heteroatoms. The first-order valence-corrected chi connectivity index (χ1v) is 11.6. The van der Waals surface area contributed by atoms with Crippen LogP contribution in [-0.4, -0.2) is 47.8 Å². The highest BCUT2D eigenvalue weighted by atomic mass is 16.2. The molecular weight excluding hydrogens is 416 g/mol. The molecule has 1 saturated heterocycles. The van der Waals surface area contributed by atoms with Crippen LogP contribution in [0.1, 0.15) is 36.5 Å². The van der Waals surface area contributed by atoms with E-state index in [4.69, 9.17) is 5.73 Å². The summed E-state index contributed by atoms with van der Waals surface area (Å²) in [7, 11) is 0. The molecule has 1 aliphatic heterocycles. The molecule has 7 nitrogen and oxygen atoms in total. The Balaban J connectivity index is 1.40. The molecule has 0 spiro atoms. The smallest absolute Gasteiger partial charge is 0.242 e. The van der Waals surface area contributed by atoms with Gasteiger partial charge in [0.05, 0.1) is 6.04 Å². The topological polar surface area (TPSA) is 105 Å². The fourth-order valence-electron chi connectivity index (χ4n) is 4.00. The molecule has 2 aromatic rings. The van der Waals surface area contributed by atoms with Gasteiger partial charge in [-0.25, -0.2) is 0 Å². The lowest BCUT2D eigenvalue weighted by atomic mass is 9.94. The van der Waals surface area contributed by atoms with Crippen LogP contribution >= 0.6 is 0 Å². The molecule has 2 unspecified atom stereocenters. The molecule has 2 aromatic carbocycles. The Morgan fingerprint density at radius 2 is 1.64 bits per heavy atom. The zero-order chi connectivity index (χ0) is 23.8. The fourth-order valence-corrected chi connectivity index (χ4v) is 4.00. The molecule has 1 heterocycles. The fraction of sp³-hybridized carbons (Fsp3) is 0.423. The summed E-state index contributed by atoms with van der Waals surface area (Å²) in [6, 6.07) is 16.4. The zero-order valence-corrected chi connectivity index (χ0v) is 19.4. The van der Waals surface area contributed by atoms with Crippen molar-refractivity contribution in [1.82, 2.24) is 15.5 Å². The molecule has 0 bridgehead atoms. The number of aryl methyl sites for hydroxylation is 1. The number of hydrogen-bond acceptors (Lipinski definition) is 4. The predicted octanol–water partition coefficient (Wildman–Crippen LogP) is 1.92. The summed E-state index contributed by atoms with van der Waals surface area (Å²) in [6.45, 7) is 5.10. The van der Waals surface area contributed by atoms with E-state index in [9.17, 15) is 14.4 Å². The maximum atomic E-state index is 12.7. The third kappa shape index (κ3) is 7.15. The van der Waals surface area contributed by atoms with Crippen molar-refractivity contribution in [1.29, 1.82) is 0 Å². The monoisotopic (exact) mass is 450 g/mol. The molecule has 3 amide bonds. The van der Waals surface area contributed by atoms with Gasteiger partial charge in [-0.3, -0.25) is 14.4 Å². The Bertz CT molecular complexity index is 938. The van der Waals surface area contributed by atoms with Crippen molar-refractivity contribution in [2.45, 2.75) is 51.7 Å². The van der Waals surface area contributed by atoms with Gasteiger partial charge in [0, 0.05) is 25.6 Å². The van der Waals surface area contributed by atoms with E-state index >= 15 is 0 Å². The average molecular weight is 451 g/mol. The third-order valence-corrected chi connectivity index (χ3v) is 6.13. The highest BCUT2D eigenvalue weighted by Crippen LogP contribution is 2.19. The number of likely N-dealkylation sites (tertiary alicyclic amines) is 1. The van der Waals surface area contributed by atoms with Gasteiger partial charge in [0.25, 0.3) is 0 Å². The van der Waals surface area contributed by atoms with Gasteiger partial charge < -0.3 is 21.3 Å². The van der Waals surface area contributed by atoms with Crippen molar-refractivity contribution in [2.24, 2.45) is 11.7 Å². The summed E-state index contributed by atoms with van der Waals surface area (Å²) in [5.74, 6) is -0.662. The second kappa shape index (κ2) is 11.6. The Hall–Kier alpha value is -3.19. The summed E-state index contributed by atoms with van der Waals surface area (Å²) < 4.78 is 0. The van der Waals surface area contributed by atoms with Gasteiger partial charge in [0.1, 0.15) is 6.04 Å². The molecule has 33 heavy (non-hydrogen) atoms. The molecule has 3 rings (SSSR count).